The number of carbonyl (C=O) groups is 2. The third-order valence-electron chi connectivity index (χ3n) is 6.28. The van der Waals surface area contributed by atoms with Crippen molar-refractivity contribution in [1.29, 1.82) is 0 Å². The number of aryl methyl sites for hydroxylation is 1. The summed E-state index contributed by atoms with van der Waals surface area (Å²) in [7, 11) is 0. The molecule has 1 aliphatic rings. The largest absolute Gasteiger partial charge is 0.508 e. The summed E-state index contributed by atoms with van der Waals surface area (Å²) in [6, 6.07) is 17.6. The van der Waals surface area contributed by atoms with E-state index in [1.54, 1.807) is 36.4 Å². The minimum absolute atomic E-state index is 0.0389. The van der Waals surface area contributed by atoms with E-state index in [9.17, 15) is 19.8 Å². The molecule has 1 fully saturated rings. The number of benzene rings is 3. The van der Waals surface area contributed by atoms with Gasteiger partial charge in [0.05, 0.1) is 29.3 Å². The van der Waals surface area contributed by atoms with Crippen LogP contribution in [0.5, 0.6) is 11.5 Å². The standard InChI is InChI=1S/C29H27N3O5/c1-16(2)15-37-23-13-10-19(14-17(23)3)26(34)24-25(18-8-11-20(33)12-9-18)32(28(36)27(24)35)29-30-21-6-4-5-7-22(21)31-29/h4-14,16,25,33-34H,15H2,1-3H3,(H,30,31)/b26-24+. The first-order valence-corrected chi connectivity index (χ1v) is 12.0. The van der Waals surface area contributed by atoms with E-state index < -0.39 is 17.7 Å². The average Bonchev–Trinajstić information content (AvgIpc) is 3.41. The van der Waals surface area contributed by atoms with Crippen LogP contribution >= 0.6 is 0 Å². The predicted molar refractivity (Wildman–Crippen MR) is 140 cm³/mol. The first-order chi connectivity index (χ1) is 17.7. The molecule has 3 N–H and O–H groups in total. The SMILES string of the molecule is Cc1cc(/C(O)=C2\C(=O)C(=O)N(c3nc4ccccc4[nH]3)C2c2ccc(O)cc2)ccc1OCC(C)C. The second-order valence-corrected chi connectivity index (χ2v) is 9.52. The van der Waals surface area contributed by atoms with Crippen molar-refractivity contribution >= 4 is 34.4 Å². The lowest BCUT2D eigenvalue weighted by atomic mass is 9.95. The molecular formula is C29H27N3O5. The maximum absolute atomic E-state index is 13.4. The van der Waals surface area contributed by atoms with Crippen molar-refractivity contribution in [2.24, 2.45) is 5.92 Å². The number of hydrogen-bond donors (Lipinski definition) is 3. The fourth-order valence-corrected chi connectivity index (χ4v) is 4.45. The van der Waals surface area contributed by atoms with E-state index in [2.05, 4.69) is 23.8 Å². The van der Waals surface area contributed by atoms with Gasteiger partial charge < -0.3 is 19.9 Å². The molecule has 0 saturated carbocycles. The van der Waals surface area contributed by atoms with Gasteiger partial charge in [-0.05, 0) is 66.4 Å². The molecule has 0 spiro atoms. The van der Waals surface area contributed by atoms with Crippen molar-refractivity contribution in [3.8, 4) is 11.5 Å². The van der Waals surface area contributed by atoms with Gasteiger partial charge >= 0.3 is 5.91 Å². The van der Waals surface area contributed by atoms with Crippen LogP contribution in [0.4, 0.5) is 5.95 Å². The zero-order valence-electron chi connectivity index (χ0n) is 20.7. The summed E-state index contributed by atoms with van der Waals surface area (Å²) >= 11 is 0. The molecule has 2 heterocycles. The van der Waals surface area contributed by atoms with Crippen molar-refractivity contribution in [2.75, 3.05) is 11.5 Å². The first-order valence-electron chi connectivity index (χ1n) is 12.0. The summed E-state index contributed by atoms with van der Waals surface area (Å²) in [4.78, 5) is 35.6. The van der Waals surface area contributed by atoms with Crippen LogP contribution in [0.15, 0.2) is 72.3 Å². The molecule has 37 heavy (non-hydrogen) atoms. The molecular weight excluding hydrogens is 470 g/mol. The third kappa shape index (κ3) is 4.42. The van der Waals surface area contributed by atoms with Crippen LogP contribution in [-0.4, -0.2) is 38.5 Å². The van der Waals surface area contributed by atoms with Crippen LogP contribution in [0.3, 0.4) is 0 Å². The highest BCUT2D eigenvalue weighted by atomic mass is 16.5. The number of anilines is 1. The Morgan fingerprint density at radius 1 is 1.08 bits per heavy atom. The molecule has 1 atom stereocenters. The van der Waals surface area contributed by atoms with Gasteiger partial charge in [0.15, 0.2) is 0 Å². The van der Waals surface area contributed by atoms with E-state index in [1.807, 2.05) is 25.1 Å². The number of imidazole rings is 1. The second-order valence-electron chi connectivity index (χ2n) is 9.52. The average molecular weight is 498 g/mol. The number of ether oxygens (including phenoxy) is 1. The highest BCUT2D eigenvalue weighted by Gasteiger charge is 2.48. The number of phenols is 1. The Morgan fingerprint density at radius 3 is 2.49 bits per heavy atom. The van der Waals surface area contributed by atoms with Gasteiger partial charge in [0.2, 0.25) is 5.95 Å². The van der Waals surface area contributed by atoms with Crippen molar-refractivity contribution in [2.45, 2.75) is 26.8 Å². The van der Waals surface area contributed by atoms with Crippen molar-refractivity contribution in [3.63, 3.8) is 0 Å². The van der Waals surface area contributed by atoms with E-state index >= 15 is 0 Å². The molecule has 1 amide bonds. The number of rotatable bonds is 6. The number of aliphatic hydroxyl groups excluding tert-OH is 1. The normalized spacial score (nSPS) is 17.2. The fraction of sp³-hybridized carbons (Fsp3) is 0.207. The van der Waals surface area contributed by atoms with Crippen LogP contribution in [0.2, 0.25) is 0 Å². The quantitative estimate of drug-likeness (QED) is 0.191. The number of Topliss-reactive ketones (excluding diaryl/α,β-unsaturated/α-hetero) is 1. The number of ketones is 1. The lowest BCUT2D eigenvalue weighted by Crippen LogP contribution is -2.30. The minimum atomic E-state index is -0.960. The summed E-state index contributed by atoms with van der Waals surface area (Å²) in [6.45, 7) is 6.52. The molecule has 0 radical (unpaired) electrons. The van der Waals surface area contributed by atoms with E-state index in [0.29, 0.717) is 40.4 Å². The Morgan fingerprint density at radius 2 is 1.81 bits per heavy atom. The van der Waals surface area contributed by atoms with E-state index in [-0.39, 0.29) is 23.0 Å². The number of aromatic hydroxyl groups is 1. The number of H-pyrrole nitrogens is 1. The van der Waals surface area contributed by atoms with Gasteiger partial charge in [-0.3, -0.25) is 14.5 Å². The molecule has 5 rings (SSSR count). The number of para-hydroxylation sites is 2. The Balaban J connectivity index is 1.64. The highest BCUT2D eigenvalue weighted by molar-refractivity contribution is 6.51. The number of fused-ring (bicyclic) bond motifs is 1. The van der Waals surface area contributed by atoms with Crippen LogP contribution in [-0.2, 0) is 9.59 Å². The van der Waals surface area contributed by atoms with Gasteiger partial charge in [0.25, 0.3) is 5.78 Å². The zero-order valence-corrected chi connectivity index (χ0v) is 20.7. The predicted octanol–water partition coefficient (Wildman–Crippen LogP) is 5.24. The number of aliphatic hydroxyl groups is 1. The van der Waals surface area contributed by atoms with Gasteiger partial charge in [0, 0.05) is 5.56 Å². The Kier molecular flexibility index (Phi) is 6.17. The zero-order chi connectivity index (χ0) is 26.3. The number of nitrogens with one attached hydrogen (secondary N) is 1. The molecule has 8 nitrogen and oxygen atoms in total. The molecule has 1 unspecified atom stereocenters. The number of amides is 1. The maximum atomic E-state index is 13.4. The molecule has 3 aromatic carbocycles. The molecule has 188 valence electrons. The summed E-state index contributed by atoms with van der Waals surface area (Å²) in [5.74, 6) is -0.671. The van der Waals surface area contributed by atoms with Crippen LogP contribution in [0.25, 0.3) is 16.8 Å². The number of aromatic nitrogens is 2. The Labute approximate surface area is 213 Å². The minimum Gasteiger partial charge on any atom is -0.508 e. The van der Waals surface area contributed by atoms with Crippen molar-refractivity contribution in [1.82, 2.24) is 9.97 Å². The Bertz CT molecular complexity index is 1500. The fourth-order valence-electron chi connectivity index (χ4n) is 4.45. The topological polar surface area (TPSA) is 116 Å². The summed E-state index contributed by atoms with van der Waals surface area (Å²) < 4.78 is 5.84. The smallest absolute Gasteiger partial charge is 0.302 e. The molecule has 0 bridgehead atoms. The Hall–Kier alpha value is -4.59. The molecule has 1 saturated heterocycles. The molecule has 1 aliphatic heterocycles. The summed E-state index contributed by atoms with van der Waals surface area (Å²) in [5, 5.41) is 21.2. The molecule has 0 aliphatic carbocycles. The van der Waals surface area contributed by atoms with Gasteiger partial charge in [-0.15, -0.1) is 0 Å². The summed E-state index contributed by atoms with van der Waals surface area (Å²) in [5.41, 5.74) is 2.99. The maximum Gasteiger partial charge on any atom is 0.302 e. The monoisotopic (exact) mass is 497 g/mol. The lowest BCUT2D eigenvalue weighted by Gasteiger charge is -2.23. The number of phenolic OH excluding ortho intramolecular Hbond substituents is 1. The molecule has 4 aromatic rings. The first kappa shape index (κ1) is 24.1. The number of aromatic amines is 1. The number of hydrogen-bond acceptors (Lipinski definition) is 6. The highest BCUT2D eigenvalue weighted by Crippen LogP contribution is 2.42. The van der Waals surface area contributed by atoms with Gasteiger partial charge in [0.1, 0.15) is 17.3 Å². The van der Waals surface area contributed by atoms with Crippen LogP contribution < -0.4 is 9.64 Å². The molecule has 1 aromatic heterocycles. The van der Waals surface area contributed by atoms with Crippen LogP contribution in [0.1, 0.15) is 36.6 Å². The lowest BCUT2D eigenvalue weighted by molar-refractivity contribution is -0.132. The van der Waals surface area contributed by atoms with Gasteiger partial charge in [-0.25, -0.2) is 4.98 Å². The van der Waals surface area contributed by atoms with Crippen molar-refractivity contribution < 1.29 is 24.5 Å². The molecule has 8 heteroatoms. The third-order valence-corrected chi connectivity index (χ3v) is 6.28. The number of nitrogens with zero attached hydrogens (tertiary/aromatic N) is 2. The number of carbonyl (C=O) groups excluding carboxylic acids is 2. The van der Waals surface area contributed by atoms with Crippen molar-refractivity contribution in [3.05, 3.63) is 89.0 Å². The van der Waals surface area contributed by atoms with Gasteiger partial charge in [-0.2, -0.15) is 0 Å². The second kappa shape index (κ2) is 9.46. The van der Waals surface area contributed by atoms with Gasteiger partial charge in [-0.1, -0.05) is 38.1 Å². The van der Waals surface area contributed by atoms with E-state index in [0.717, 1.165) is 5.56 Å². The van der Waals surface area contributed by atoms with E-state index in [4.69, 9.17) is 4.74 Å². The van der Waals surface area contributed by atoms with E-state index in [1.165, 1.54) is 17.0 Å². The van der Waals surface area contributed by atoms with Crippen LogP contribution in [0, 0.1) is 12.8 Å². The summed E-state index contributed by atoms with van der Waals surface area (Å²) in [6.07, 6.45) is 0.